The van der Waals surface area contributed by atoms with Gasteiger partial charge in [0, 0.05) is 11.8 Å². The Morgan fingerprint density at radius 2 is 1.62 bits per heavy atom. The average molecular weight is 459 g/mol. The molecule has 3 rings (SSSR count). The van der Waals surface area contributed by atoms with Crippen LogP contribution < -0.4 is 20.1 Å². The van der Waals surface area contributed by atoms with Gasteiger partial charge in [0.15, 0.2) is 0 Å². The predicted molar refractivity (Wildman–Crippen MR) is 104 cm³/mol. The fraction of sp³-hybridized carbons (Fsp3) is 0.200. The molecule has 0 bridgehead atoms. The fourth-order valence-corrected chi connectivity index (χ4v) is 2.88. The van der Waals surface area contributed by atoms with E-state index in [0.717, 1.165) is 18.2 Å². The molecule has 0 aliphatic rings. The molecule has 2 aromatic carbocycles. The summed E-state index contributed by atoms with van der Waals surface area (Å²) in [5.74, 6) is -0.611. The molecule has 0 saturated carbocycles. The highest BCUT2D eigenvalue weighted by molar-refractivity contribution is 6.08. The molecule has 0 spiro atoms. The molecule has 32 heavy (non-hydrogen) atoms. The number of halogens is 6. The van der Waals surface area contributed by atoms with Crippen LogP contribution in [0, 0.1) is 6.92 Å². The lowest BCUT2D eigenvalue weighted by Crippen LogP contribution is -2.20. The van der Waals surface area contributed by atoms with Crippen molar-refractivity contribution in [2.45, 2.75) is 19.5 Å². The summed E-state index contributed by atoms with van der Waals surface area (Å²) in [7, 11) is 1.19. The Balaban J connectivity index is 1.88. The highest BCUT2D eigenvalue weighted by atomic mass is 19.4. The Morgan fingerprint density at radius 3 is 2.19 bits per heavy atom. The van der Waals surface area contributed by atoms with E-state index in [2.05, 4.69) is 20.4 Å². The third kappa shape index (κ3) is 5.31. The first-order chi connectivity index (χ1) is 14.9. The number of aromatic nitrogens is 1. The standard InChI is InChI=1S/C20H15F6N3O3/c1-10-3-8-13-16(14(31-2)9-15(28-13)19(21,22)23)17(10)29-18(30)27-11-4-6-12(7-5-11)32-20(24,25)26/h3-9H,1-2H3,(H2,27,29,30). The topological polar surface area (TPSA) is 72.5 Å². The van der Waals surface area contributed by atoms with Gasteiger partial charge in [0.25, 0.3) is 0 Å². The maximum Gasteiger partial charge on any atom is 0.573 e. The minimum absolute atomic E-state index is 0.0498. The number of alkyl halides is 6. The molecule has 3 aromatic rings. The van der Waals surface area contributed by atoms with Crippen LogP contribution in [0.15, 0.2) is 42.5 Å². The van der Waals surface area contributed by atoms with Crippen LogP contribution in [0.25, 0.3) is 10.9 Å². The number of nitrogens with one attached hydrogen (secondary N) is 2. The molecule has 0 saturated heterocycles. The van der Waals surface area contributed by atoms with Gasteiger partial charge in [-0.05, 0) is 42.8 Å². The average Bonchev–Trinajstić information content (AvgIpc) is 2.69. The van der Waals surface area contributed by atoms with Gasteiger partial charge < -0.3 is 20.1 Å². The van der Waals surface area contributed by atoms with Gasteiger partial charge in [-0.2, -0.15) is 13.2 Å². The predicted octanol–water partition coefficient (Wildman–Crippen LogP) is 6.11. The third-order valence-corrected chi connectivity index (χ3v) is 4.24. The molecule has 0 unspecified atom stereocenters. The molecule has 0 fully saturated rings. The summed E-state index contributed by atoms with van der Waals surface area (Å²) in [6, 6.07) is 7.19. The molecule has 2 amide bonds. The van der Waals surface area contributed by atoms with Crippen LogP contribution in [0.1, 0.15) is 11.3 Å². The van der Waals surface area contributed by atoms with E-state index >= 15 is 0 Å². The second kappa shape index (κ2) is 8.44. The van der Waals surface area contributed by atoms with Gasteiger partial charge in [-0.1, -0.05) is 6.07 Å². The zero-order chi connectivity index (χ0) is 23.7. The number of rotatable bonds is 4. The third-order valence-electron chi connectivity index (χ3n) is 4.24. The van der Waals surface area contributed by atoms with E-state index in [9.17, 15) is 31.1 Å². The molecule has 1 aromatic heterocycles. The largest absolute Gasteiger partial charge is 0.573 e. The van der Waals surface area contributed by atoms with Gasteiger partial charge in [0.1, 0.15) is 17.2 Å². The summed E-state index contributed by atoms with van der Waals surface area (Å²) < 4.78 is 84.9. The van der Waals surface area contributed by atoms with Crippen LogP contribution in [0.5, 0.6) is 11.5 Å². The number of amides is 2. The van der Waals surface area contributed by atoms with Crippen LogP contribution in [-0.4, -0.2) is 24.5 Å². The number of carbonyl (C=O) groups excluding carboxylic acids is 1. The molecule has 0 aliphatic heterocycles. The Kier molecular flexibility index (Phi) is 6.06. The van der Waals surface area contributed by atoms with Crippen LogP contribution in [0.2, 0.25) is 0 Å². The number of hydrogen-bond acceptors (Lipinski definition) is 4. The lowest BCUT2D eigenvalue weighted by molar-refractivity contribution is -0.274. The van der Waals surface area contributed by atoms with E-state index in [4.69, 9.17) is 4.74 Å². The number of nitrogens with zero attached hydrogens (tertiary/aromatic N) is 1. The number of aryl methyl sites for hydroxylation is 1. The summed E-state index contributed by atoms with van der Waals surface area (Å²) in [5, 5.41) is 5.10. The van der Waals surface area contributed by atoms with Crippen molar-refractivity contribution in [2.75, 3.05) is 17.7 Å². The SMILES string of the molecule is COc1cc(C(F)(F)F)nc2ccc(C)c(NC(=O)Nc3ccc(OC(F)(F)F)cc3)c12. The molecule has 1 heterocycles. The first-order valence-electron chi connectivity index (χ1n) is 8.87. The van der Waals surface area contributed by atoms with Crippen molar-refractivity contribution in [1.82, 2.24) is 4.98 Å². The minimum Gasteiger partial charge on any atom is -0.496 e. The molecule has 0 radical (unpaired) electrons. The highest BCUT2D eigenvalue weighted by Crippen LogP contribution is 2.38. The van der Waals surface area contributed by atoms with Gasteiger partial charge >= 0.3 is 18.6 Å². The van der Waals surface area contributed by atoms with E-state index in [1.807, 2.05) is 0 Å². The molecule has 170 valence electrons. The van der Waals surface area contributed by atoms with Gasteiger partial charge in [0.05, 0.1) is 23.7 Å². The van der Waals surface area contributed by atoms with Crippen molar-refractivity contribution >= 4 is 28.3 Å². The van der Waals surface area contributed by atoms with Crippen LogP contribution in [-0.2, 0) is 6.18 Å². The second-order valence-electron chi connectivity index (χ2n) is 6.51. The number of carbonyl (C=O) groups is 1. The lowest BCUT2D eigenvalue weighted by Gasteiger charge is -2.17. The Labute approximate surface area is 177 Å². The minimum atomic E-state index is -4.85. The number of fused-ring (bicyclic) bond motifs is 1. The molecular formula is C20H15F6N3O3. The Bertz CT molecular complexity index is 1140. The monoisotopic (exact) mass is 459 g/mol. The summed E-state index contributed by atoms with van der Waals surface area (Å²) >= 11 is 0. The number of methoxy groups -OCH3 is 1. The number of urea groups is 1. The summed E-state index contributed by atoms with van der Waals surface area (Å²) in [5.41, 5.74) is -0.371. The van der Waals surface area contributed by atoms with Gasteiger partial charge in [-0.3, -0.25) is 0 Å². The second-order valence-corrected chi connectivity index (χ2v) is 6.51. The summed E-state index contributed by atoms with van der Waals surface area (Å²) in [6.45, 7) is 1.62. The highest BCUT2D eigenvalue weighted by Gasteiger charge is 2.34. The van der Waals surface area contributed by atoms with Crippen molar-refractivity contribution in [2.24, 2.45) is 0 Å². The van der Waals surface area contributed by atoms with Crippen molar-refractivity contribution in [1.29, 1.82) is 0 Å². The molecule has 6 nitrogen and oxygen atoms in total. The lowest BCUT2D eigenvalue weighted by atomic mass is 10.1. The first kappa shape index (κ1) is 23.0. The maximum atomic E-state index is 13.1. The number of benzene rings is 2. The Hall–Kier alpha value is -3.70. The molecule has 0 aliphatic carbocycles. The van der Waals surface area contributed by atoms with Crippen molar-refractivity contribution in [3.05, 3.63) is 53.7 Å². The zero-order valence-corrected chi connectivity index (χ0v) is 16.5. The van der Waals surface area contributed by atoms with E-state index in [1.54, 1.807) is 6.92 Å². The van der Waals surface area contributed by atoms with E-state index in [0.29, 0.717) is 5.56 Å². The summed E-state index contributed by atoms with van der Waals surface area (Å²) in [6.07, 6.45) is -9.55. The van der Waals surface area contributed by atoms with Crippen molar-refractivity contribution < 1.29 is 40.6 Å². The number of hydrogen-bond donors (Lipinski definition) is 2. The number of ether oxygens (including phenoxy) is 2. The normalized spacial score (nSPS) is 11.9. The molecule has 12 heteroatoms. The fourth-order valence-electron chi connectivity index (χ4n) is 2.88. The Morgan fingerprint density at radius 1 is 0.969 bits per heavy atom. The van der Waals surface area contributed by atoms with E-state index in [1.165, 1.54) is 31.4 Å². The van der Waals surface area contributed by atoms with Gasteiger partial charge in [0.2, 0.25) is 0 Å². The summed E-state index contributed by atoms with van der Waals surface area (Å²) in [4.78, 5) is 16.0. The van der Waals surface area contributed by atoms with Gasteiger partial charge in [-0.15, -0.1) is 13.2 Å². The van der Waals surface area contributed by atoms with Crippen molar-refractivity contribution in [3.63, 3.8) is 0 Å². The van der Waals surface area contributed by atoms with E-state index in [-0.39, 0.29) is 28.0 Å². The van der Waals surface area contributed by atoms with Crippen molar-refractivity contribution in [3.8, 4) is 11.5 Å². The quantitative estimate of drug-likeness (QED) is 0.462. The maximum absolute atomic E-state index is 13.1. The first-order valence-corrected chi connectivity index (χ1v) is 8.87. The number of pyridine rings is 1. The van der Waals surface area contributed by atoms with Crippen LogP contribution >= 0.6 is 0 Å². The zero-order valence-electron chi connectivity index (χ0n) is 16.5. The smallest absolute Gasteiger partial charge is 0.496 e. The van der Waals surface area contributed by atoms with Crippen LogP contribution in [0.4, 0.5) is 42.5 Å². The van der Waals surface area contributed by atoms with Crippen LogP contribution in [0.3, 0.4) is 0 Å². The number of anilines is 2. The molecule has 2 N–H and O–H groups in total. The van der Waals surface area contributed by atoms with Gasteiger partial charge in [-0.25, -0.2) is 9.78 Å². The van der Waals surface area contributed by atoms with E-state index < -0.39 is 30.0 Å². The molecule has 0 atom stereocenters. The molecular weight excluding hydrogens is 444 g/mol.